The van der Waals surface area contributed by atoms with E-state index >= 15 is 0 Å². The molecule has 0 bridgehead atoms. The molecule has 0 aliphatic rings. The lowest BCUT2D eigenvalue weighted by molar-refractivity contribution is 0.0529. The van der Waals surface area contributed by atoms with Crippen LogP contribution in [-0.4, -0.2) is 19.4 Å². The van der Waals surface area contributed by atoms with Gasteiger partial charge in [0.05, 0.1) is 13.2 Å². The van der Waals surface area contributed by atoms with Crippen molar-refractivity contribution in [1.29, 1.82) is 0 Å². The van der Waals surface area contributed by atoms with Crippen molar-refractivity contribution in [2.24, 2.45) is 0 Å². The van der Waals surface area contributed by atoms with Gasteiger partial charge in [0, 0.05) is 0 Å². The van der Waals surface area contributed by atoms with Crippen molar-refractivity contribution < 1.29 is 23.0 Å². The number of aryl methyl sites for hydroxylation is 2. The van der Waals surface area contributed by atoms with Gasteiger partial charge in [-0.25, -0.2) is 13.6 Å². The van der Waals surface area contributed by atoms with Crippen molar-refractivity contribution in [3.05, 3.63) is 71.3 Å². The Morgan fingerprint density at radius 3 is 1.57 bits per heavy atom. The molecule has 5 heteroatoms. The number of ether oxygens (including phenoxy) is 2. The molecule has 2 aromatic carbocycles. The van der Waals surface area contributed by atoms with Crippen LogP contribution in [0.2, 0.25) is 0 Å². The third-order valence-electron chi connectivity index (χ3n) is 4.44. The van der Waals surface area contributed by atoms with Gasteiger partial charge in [0.15, 0.2) is 0 Å². The quantitative estimate of drug-likeness (QED) is 0.318. The van der Waals surface area contributed by atoms with Gasteiger partial charge in [-0.2, -0.15) is 0 Å². The second kappa shape index (κ2) is 12.9. The summed E-state index contributed by atoms with van der Waals surface area (Å²) < 4.78 is 36.2. The minimum Gasteiger partial charge on any atom is -0.434 e. The van der Waals surface area contributed by atoms with Crippen LogP contribution < -0.4 is 0 Å². The first-order chi connectivity index (χ1) is 13.6. The molecule has 0 amide bonds. The summed E-state index contributed by atoms with van der Waals surface area (Å²) in [6, 6.07) is 13.2. The smallest absolute Gasteiger partial charge is 0.434 e. The van der Waals surface area contributed by atoms with Crippen molar-refractivity contribution >= 4 is 6.16 Å². The summed E-state index contributed by atoms with van der Waals surface area (Å²) in [5.74, 6) is -0.421. The van der Waals surface area contributed by atoms with E-state index in [4.69, 9.17) is 9.47 Å². The largest absolute Gasteiger partial charge is 0.508 e. The summed E-state index contributed by atoms with van der Waals surface area (Å²) in [5, 5.41) is 0. The fourth-order valence-electron chi connectivity index (χ4n) is 2.95. The predicted octanol–water partition coefficient (Wildman–Crippen LogP) is 6.24. The third kappa shape index (κ3) is 9.49. The average Bonchev–Trinajstić information content (AvgIpc) is 2.67. The highest BCUT2D eigenvalue weighted by Crippen LogP contribution is 2.10. The Morgan fingerprint density at radius 2 is 1.14 bits per heavy atom. The van der Waals surface area contributed by atoms with E-state index in [0.717, 1.165) is 62.5 Å². The topological polar surface area (TPSA) is 35.5 Å². The van der Waals surface area contributed by atoms with Crippen LogP contribution in [0.3, 0.4) is 0 Å². The Balaban J connectivity index is 1.40. The van der Waals surface area contributed by atoms with Crippen molar-refractivity contribution in [1.82, 2.24) is 0 Å². The number of benzene rings is 2. The number of carbonyl (C=O) groups is 1. The Kier molecular flexibility index (Phi) is 10.0. The molecule has 0 fully saturated rings. The summed E-state index contributed by atoms with van der Waals surface area (Å²) in [6.45, 7) is 0.670. The molecule has 0 aliphatic carbocycles. The maximum absolute atomic E-state index is 13.1. The first-order valence-corrected chi connectivity index (χ1v) is 9.92. The van der Waals surface area contributed by atoms with Gasteiger partial charge >= 0.3 is 6.16 Å². The van der Waals surface area contributed by atoms with Crippen molar-refractivity contribution in [2.45, 2.75) is 51.4 Å². The summed E-state index contributed by atoms with van der Waals surface area (Å²) in [5.41, 5.74) is 1.97. The lowest BCUT2D eigenvalue weighted by Gasteiger charge is -2.07. The molecule has 152 valence electrons. The summed E-state index contributed by atoms with van der Waals surface area (Å²) in [4.78, 5) is 11.5. The van der Waals surface area contributed by atoms with Gasteiger partial charge < -0.3 is 9.47 Å². The molecule has 0 radical (unpaired) electrons. The number of carbonyl (C=O) groups excluding carboxylic acids is 1. The van der Waals surface area contributed by atoms with E-state index in [1.54, 1.807) is 24.3 Å². The SMILES string of the molecule is O=C(OCCCCCc1cccc(F)c1)OCCCCCc1cccc(F)c1. The second-order valence-electron chi connectivity index (χ2n) is 6.83. The van der Waals surface area contributed by atoms with E-state index in [1.165, 1.54) is 12.1 Å². The Morgan fingerprint density at radius 1 is 0.679 bits per heavy atom. The second-order valence-corrected chi connectivity index (χ2v) is 6.83. The lowest BCUT2D eigenvalue weighted by Crippen LogP contribution is -2.09. The van der Waals surface area contributed by atoms with E-state index < -0.39 is 6.16 Å². The highest BCUT2D eigenvalue weighted by molar-refractivity contribution is 5.59. The fourth-order valence-corrected chi connectivity index (χ4v) is 2.95. The van der Waals surface area contributed by atoms with Crippen LogP contribution in [-0.2, 0) is 22.3 Å². The molecule has 3 nitrogen and oxygen atoms in total. The predicted molar refractivity (Wildman–Crippen MR) is 105 cm³/mol. The molecule has 0 N–H and O–H groups in total. The minimum atomic E-state index is -0.629. The normalized spacial score (nSPS) is 10.6. The summed E-state index contributed by atoms with van der Waals surface area (Å²) in [7, 11) is 0. The highest BCUT2D eigenvalue weighted by Gasteiger charge is 2.04. The summed E-state index contributed by atoms with van der Waals surface area (Å²) in [6.07, 6.45) is 6.19. The van der Waals surface area contributed by atoms with E-state index in [2.05, 4.69) is 0 Å². The molecule has 0 atom stereocenters. The van der Waals surface area contributed by atoms with Gasteiger partial charge in [-0.1, -0.05) is 24.3 Å². The average molecular weight is 390 g/mol. The maximum atomic E-state index is 13.1. The van der Waals surface area contributed by atoms with E-state index in [9.17, 15) is 13.6 Å². The molecule has 0 aromatic heterocycles. The zero-order valence-electron chi connectivity index (χ0n) is 16.2. The van der Waals surface area contributed by atoms with Gasteiger partial charge in [-0.05, 0) is 86.8 Å². The number of hydrogen-bond acceptors (Lipinski definition) is 3. The molecule has 0 saturated carbocycles. The van der Waals surface area contributed by atoms with Crippen molar-refractivity contribution in [3.63, 3.8) is 0 Å². The molecular weight excluding hydrogens is 362 g/mol. The van der Waals surface area contributed by atoms with Crippen molar-refractivity contribution in [3.8, 4) is 0 Å². The summed E-state index contributed by atoms with van der Waals surface area (Å²) >= 11 is 0. The first-order valence-electron chi connectivity index (χ1n) is 9.92. The molecular formula is C23H28F2O3. The zero-order valence-corrected chi connectivity index (χ0v) is 16.2. The molecule has 2 aromatic rings. The molecule has 0 saturated heterocycles. The molecule has 2 rings (SSSR count). The van der Waals surface area contributed by atoms with E-state index in [-0.39, 0.29) is 11.6 Å². The number of unbranched alkanes of at least 4 members (excludes halogenated alkanes) is 4. The molecule has 0 heterocycles. The molecule has 0 aliphatic heterocycles. The van der Waals surface area contributed by atoms with Crippen LogP contribution in [0.1, 0.15) is 49.7 Å². The maximum Gasteiger partial charge on any atom is 0.508 e. The fraction of sp³-hybridized carbons (Fsp3) is 0.435. The molecule has 28 heavy (non-hydrogen) atoms. The van der Waals surface area contributed by atoms with Gasteiger partial charge in [-0.15, -0.1) is 0 Å². The Bertz CT molecular complexity index is 659. The standard InChI is InChI=1S/C23H28F2O3/c24-21-13-7-11-19(17-21)9-3-1-5-15-27-23(26)28-16-6-2-4-10-20-12-8-14-22(25)18-20/h7-8,11-14,17-18H,1-6,9-10,15-16H2. The Labute approximate surface area is 165 Å². The number of rotatable bonds is 12. The van der Waals surface area contributed by atoms with Crippen LogP contribution in [0.25, 0.3) is 0 Å². The first kappa shape index (κ1) is 21.9. The van der Waals surface area contributed by atoms with Crippen LogP contribution in [0.4, 0.5) is 13.6 Å². The third-order valence-corrected chi connectivity index (χ3v) is 4.44. The van der Waals surface area contributed by atoms with E-state index in [0.29, 0.717) is 13.2 Å². The van der Waals surface area contributed by atoms with Crippen LogP contribution >= 0.6 is 0 Å². The van der Waals surface area contributed by atoms with Gasteiger partial charge in [0.25, 0.3) is 0 Å². The van der Waals surface area contributed by atoms with Crippen molar-refractivity contribution in [2.75, 3.05) is 13.2 Å². The number of halogens is 2. The number of hydrogen-bond donors (Lipinski definition) is 0. The van der Waals surface area contributed by atoms with Crippen LogP contribution in [0, 0.1) is 11.6 Å². The zero-order chi connectivity index (χ0) is 20.0. The van der Waals surface area contributed by atoms with Crippen LogP contribution in [0.15, 0.2) is 48.5 Å². The molecule has 0 unspecified atom stereocenters. The van der Waals surface area contributed by atoms with Gasteiger partial charge in [0.1, 0.15) is 11.6 Å². The van der Waals surface area contributed by atoms with Gasteiger partial charge in [0.2, 0.25) is 0 Å². The van der Waals surface area contributed by atoms with Gasteiger partial charge in [-0.3, -0.25) is 0 Å². The minimum absolute atomic E-state index is 0.211. The highest BCUT2D eigenvalue weighted by atomic mass is 19.1. The lowest BCUT2D eigenvalue weighted by atomic mass is 10.1. The van der Waals surface area contributed by atoms with Crippen LogP contribution in [0.5, 0.6) is 0 Å². The monoisotopic (exact) mass is 390 g/mol. The van der Waals surface area contributed by atoms with E-state index in [1.807, 2.05) is 12.1 Å². The Hall–Kier alpha value is -2.43. The molecule has 0 spiro atoms.